The number of para-hydroxylation sites is 1. The molecule has 7 aromatic rings. The van der Waals surface area contributed by atoms with Crippen LogP contribution in [0.25, 0.3) is 10.9 Å². The number of hydrogen-bond donors (Lipinski definition) is 14. The third-order valence-electron chi connectivity index (χ3n) is 22.7. The van der Waals surface area contributed by atoms with Crippen molar-refractivity contribution in [2.75, 3.05) is 64.2 Å². The minimum absolute atomic E-state index is 0.0141. The first-order chi connectivity index (χ1) is 62.6. The molecule has 15 amide bonds. The Kier molecular flexibility index (Phi) is 36.3. The van der Waals surface area contributed by atoms with Gasteiger partial charge in [-0.25, -0.2) is 0 Å². The highest BCUT2D eigenvalue weighted by atomic mass is 32.2. The number of phenols is 2. The van der Waals surface area contributed by atoms with E-state index < -0.39 is 229 Å². The Balaban J connectivity index is 1.12. The van der Waals surface area contributed by atoms with Crippen LogP contribution in [0.4, 0.5) is 18.9 Å². The number of likely N-dealkylation sites (N-methyl/N-ethyl adjacent to an activating group) is 4. The van der Waals surface area contributed by atoms with Crippen LogP contribution in [-0.4, -0.2) is 260 Å². The summed E-state index contributed by atoms with van der Waals surface area (Å²) < 4.78 is 42.2. The Morgan fingerprint density at radius 2 is 1.06 bits per heavy atom. The van der Waals surface area contributed by atoms with E-state index in [9.17, 15) is 66.8 Å². The number of primary amides is 1. The number of aliphatic carboxylic acids is 1. The molecule has 2 bridgehead atoms. The van der Waals surface area contributed by atoms with E-state index >= 15 is 38.4 Å². The number of amides is 15. The number of carboxylic acid groups (broad SMARTS) is 1. The minimum Gasteiger partial charge on any atom is -0.508 e. The Morgan fingerprint density at radius 3 is 1.67 bits per heavy atom. The van der Waals surface area contributed by atoms with Crippen LogP contribution in [0.1, 0.15) is 106 Å². The average molecular weight is 1850 g/mol. The lowest BCUT2D eigenvalue weighted by molar-refractivity contribution is -0.151. The summed E-state index contributed by atoms with van der Waals surface area (Å²) in [6, 6.07) is 19.0. The molecule has 35 nitrogen and oxygen atoms in total. The number of aromatic hydroxyl groups is 2. The predicted molar refractivity (Wildman–Crippen MR) is 482 cm³/mol. The van der Waals surface area contributed by atoms with Gasteiger partial charge in [-0.2, -0.15) is 13.2 Å². The number of carbonyl (C=O) groups is 16. The molecule has 0 aliphatic carbocycles. The van der Waals surface area contributed by atoms with E-state index in [1.807, 2.05) is 0 Å². The molecular weight excluding hydrogens is 1730 g/mol. The number of aromatic nitrogens is 1. The number of aromatic amines is 1. The SMILES string of the molecule is CCCC[C@H]1C(=O)N(C)CC(=O)N[C@@H](CC(=O)O)C(=O)N[C@@H](C(C)C)C(=O)N(C)[C@@H](Cc2ccccc2)C(=O)N[C@H]2Cc3ccc(O)cc3N(CC(=O)N[C@@H](Cc3c[nH]c4ccccc34)C(=O)N[C@@H](Cc3ccc(O)cc3)C(=O)N[C@@H](CC(C)C)C(=O)N[C@H](C(=O)NCC(N)=O)CSCC(=O)N[C@@H](Cc3ccc(C(F)(F)F)cc3)C(=O)N(C)[C@@H](Cc3ccccc3)C(=O)N1C)C2=O. The molecule has 2 aliphatic rings. The Labute approximate surface area is 764 Å². The highest BCUT2D eigenvalue weighted by Crippen LogP contribution is 2.34. The lowest BCUT2D eigenvalue weighted by Crippen LogP contribution is -2.62. The van der Waals surface area contributed by atoms with Gasteiger partial charge < -0.3 is 98.4 Å². The van der Waals surface area contributed by atoms with Crippen LogP contribution in [0.5, 0.6) is 11.5 Å². The first-order valence-electron chi connectivity index (χ1n) is 43.1. The Hall–Kier alpha value is -13.9. The van der Waals surface area contributed by atoms with Gasteiger partial charge in [0, 0.05) is 95.6 Å². The van der Waals surface area contributed by atoms with Crippen molar-refractivity contribution >= 4 is 123 Å². The van der Waals surface area contributed by atoms with Crippen molar-refractivity contribution in [3.63, 3.8) is 0 Å². The van der Waals surface area contributed by atoms with Crippen molar-refractivity contribution in [1.82, 2.24) is 72.4 Å². The van der Waals surface area contributed by atoms with E-state index in [4.69, 9.17) is 5.73 Å². The van der Waals surface area contributed by atoms with Crippen LogP contribution in [0.15, 0.2) is 158 Å². The molecule has 0 unspecified atom stereocenters. The van der Waals surface area contributed by atoms with Gasteiger partial charge in [-0.3, -0.25) is 76.7 Å². The number of anilines is 1. The fourth-order valence-corrected chi connectivity index (χ4v) is 16.4. The number of phenolic OH excluding ortho intramolecular Hbond substituents is 2. The molecule has 132 heavy (non-hydrogen) atoms. The van der Waals surface area contributed by atoms with E-state index in [2.05, 4.69) is 52.8 Å². The first-order valence-corrected chi connectivity index (χ1v) is 44.2. The van der Waals surface area contributed by atoms with Gasteiger partial charge in [0.05, 0.1) is 36.5 Å². The van der Waals surface area contributed by atoms with E-state index in [0.29, 0.717) is 63.3 Å². The van der Waals surface area contributed by atoms with Crippen molar-refractivity contribution < 1.29 is 105 Å². The van der Waals surface area contributed by atoms with Gasteiger partial charge >= 0.3 is 12.1 Å². The molecule has 0 radical (unpaired) electrons. The lowest BCUT2D eigenvalue weighted by atomic mass is 9.95. The van der Waals surface area contributed by atoms with Crippen LogP contribution in [0.2, 0.25) is 0 Å². The van der Waals surface area contributed by atoms with Gasteiger partial charge in [-0.1, -0.05) is 157 Å². The fourth-order valence-electron chi connectivity index (χ4n) is 15.5. The number of alkyl halides is 3. The Bertz CT molecular complexity index is 5320. The number of halogens is 3. The van der Waals surface area contributed by atoms with Crippen LogP contribution in [0, 0.1) is 11.8 Å². The van der Waals surface area contributed by atoms with Gasteiger partial charge in [0.25, 0.3) is 0 Å². The topological polar surface area (TPSA) is 500 Å². The molecule has 706 valence electrons. The molecule has 0 spiro atoms. The van der Waals surface area contributed by atoms with Gasteiger partial charge in [-0.15, -0.1) is 11.8 Å². The van der Waals surface area contributed by atoms with Crippen molar-refractivity contribution in [3.05, 3.63) is 197 Å². The first kappa shape index (κ1) is 102. The summed E-state index contributed by atoms with van der Waals surface area (Å²) in [7, 11) is 4.98. The highest BCUT2D eigenvalue weighted by Gasteiger charge is 2.44. The molecule has 11 atom stereocenters. The van der Waals surface area contributed by atoms with E-state index in [1.54, 1.807) is 112 Å². The number of fused-ring (bicyclic) bond motifs is 5. The number of hydrogen-bond acceptors (Lipinski definition) is 19. The number of carbonyl (C=O) groups excluding carboxylic acids is 15. The zero-order valence-corrected chi connectivity index (χ0v) is 75.4. The predicted octanol–water partition coefficient (Wildman–Crippen LogP) is 3.23. The number of nitrogens with two attached hydrogens (primary N) is 1. The number of nitrogens with zero attached hydrogens (tertiary/aromatic N) is 5. The standard InChI is InChI=1S/C93H113F3N16O19S/c1-10-11-26-72-90(129)108(6)48-77(116)101-68(45-80(119)120)86(125)107-81(53(4)5)92(131)110(8)74(40-54-20-14-12-15-21-54)87(126)105-70-42-58-31-36-62(114)44-73(58)112(89(70)128)49-78(117)100-67(43-59-46-98-64-25-19-18-24-63(59)64)85(124)104-66(38-57-29-34-61(113)35-30-57)84(123)103-65(37-52(2)3)83(122)106-71(82(121)99-47-76(97)115)50-132-51-79(118)102-69(39-56-27-32-60(33-28-56)93(94,95)96)88(127)111(9)75(91(130)109(72)7)41-55-22-16-13-17-23-55/h12-25,27-36,44,46,52-53,65-72,74-75,81,98,113-114H,10-11,26,37-43,45,47-51H2,1-9H3,(H2,97,115)(H,99,121)(H,100,117)(H,101,116)(H,102,118)(H,103,123)(H,104,124)(H,105,126)(H,106,122)(H,107,125)(H,119,120)/t65-,66-,67-,68-,69-,70-,71-,72-,74-,75-,81-/m0/s1. The van der Waals surface area contributed by atoms with Gasteiger partial charge in [0.2, 0.25) is 88.6 Å². The molecule has 39 heteroatoms. The summed E-state index contributed by atoms with van der Waals surface area (Å²) >= 11 is 0.707. The molecular formula is C93H113F3N16O19S. The third kappa shape index (κ3) is 28.6. The molecule has 1 fully saturated rings. The molecule has 6 aromatic carbocycles. The second kappa shape index (κ2) is 47.1. The lowest BCUT2D eigenvalue weighted by Gasteiger charge is -2.37. The third-order valence-corrected chi connectivity index (χ3v) is 23.8. The maximum atomic E-state index is 15.5. The molecule has 9 rings (SSSR count). The molecule has 0 saturated carbocycles. The van der Waals surface area contributed by atoms with Crippen LogP contribution < -0.4 is 58.5 Å². The van der Waals surface area contributed by atoms with E-state index in [-0.39, 0.29) is 67.7 Å². The highest BCUT2D eigenvalue weighted by molar-refractivity contribution is 8.00. The summed E-state index contributed by atoms with van der Waals surface area (Å²) in [5.74, 6) is -19.2. The zero-order chi connectivity index (χ0) is 96.5. The van der Waals surface area contributed by atoms with Crippen molar-refractivity contribution in [1.29, 1.82) is 0 Å². The number of carboxylic acids is 1. The number of unbranched alkanes of at least 4 members (excludes halogenated alkanes) is 1. The average Bonchev–Trinajstić information content (AvgIpc) is 0.887. The molecule has 1 aromatic heterocycles. The van der Waals surface area contributed by atoms with Crippen molar-refractivity contribution in [3.8, 4) is 11.5 Å². The van der Waals surface area contributed by atoms with Crippen LogP contribution in [-0.2, 0) is 121 Å². The second-order valence-corrected chi connectivity index (χ2v) is 34.7. The summed E-state index contributed by atoms with van der Waals surface area (Å²) in [4.78, 5) is 243. The quantitative estimate of drug-likeness (QED) is 0.0491. The molecule has 1 saturated heterocycles. The smallest absolute Gasteiger partial charge is 0.416 e. The largest absolute Gasteiger partial charge is 0.508 e. The number of benzene rings is 6. The number of thioether (sulfide) groups is 1. The molecule has 15 N–H and O–H groups in total. The summed E-state index contributed by atoms with van der Waals surface area (Å²) in [6.07, 6.45) is -5.64. The van der Waals surface area contributed by atoms with Gasteiger partial charge in [-0.05, 0) is 94.5 Å². The van der Waals surface area contributed by atoms with Crippen molar-refractivity contribution in [2.24, 2.45) is 17.6 Å². The van der Waals surface area contributed by atoms with Crippen LogP contribution in [0.3, 0.4) is 0 Å². The summed E-state index contributed by atoms with van der Waals surface area (Å²) in [5.41, 5.74) is 7.25. The maximum Gasteiger partial charge on any atom is 0.416 e. The Morgan fingerprint density at radius 1 is 0.530 bits per heavy atom. The number of rotatable bonds is 21. The zero-order valence-electron chi connectivity index (χ0n) is 74.6. The second-order valence-electron chi connectivity index (χ2n) is 33.6. The number of H-pyrrole nitrogens is 1. The minimum atomic E-state index is -4.80. The van der Waals surface area contributed by atoms with E-state index in [1.165, 1.54) is 84.5 Å². The normalized spacial score (nSPS) is 22.1. The number of nitrogens with one attached hydrogen (secondary N) is 10. The summed E-state index contributed by atoms with van der Waals surface area (Å²) in [5, 5.41) is 55.7. The fraction of sp³-hybridized carbons (Fsp3) is 0.419. The van der Waals surface area contributed by atoms with E-state index in [0.717, 1.165) is 48.8 Å². The molecule has 3 heterocycles. The van der Waals surface area contributed by atoms with Gasteiger partial charge in [0.15, 0.2) is 0 Å². The van der Waals surface area contributed by atoms with Crippen molar-refractivity contribution in [2.45, 2.75) is 178 Å². The molecule has 2 aliphatic heterocycles. The van der Waals surface area contributed by atoms with Crippen LogP contribution >= 0.6 is 11.8 Å². The summed E-state index contributed by atoms with van der Waals surface area (Å²) in [6.45, 7) is 5.75. The van der Waals surface area contributed by atoms with Gasteiger partial charge in [0.1, 0.15) is 84.5 Å². The monoisotopic (exact) mass is 1850 g/mol. The maximum absolute atomic E-state index is 15.5.